The highest BCUT2D eigenvalue weighted by Crippen LogP contribution is 2.30. The molecule has 2 N–H and O–H groups in total. The molecule has 0 saturated carbocycles. The van der Waals surface area contributed by atoms with Crippen LogP contribution >= 0.6 is 0 Å². The summed E-state index contributed by atoms with van der Waals surface area (Å²) < 4.78 is 5.47. The number of para-hydroxylation sites is 1. The molecular weight excluding hydrogens is 236 g/mol. The van der Waals surface area contributed by atoms with E-state index < -0.39 is 0 Å². The third-order valence-electron chi connectivity index (χ3n) is 3.54. The van der Waals surface area contributed by atoms with Gasteiger partial charge in [0.25, 0.3) is 0 Å². The summed E-state index contributed by atoms with van der Waals surface area (Å²) in [4.78, 5) is 2.35. The third-order valence-corrected chi connectivity index (χ3v) is 3.54. The average Bonchev–Trinajstić information content (AvgIpc) is 2.39. The number of hydrogen-bond donors (Lipinski definition) is 1. The van der Waals surface area contributed by atoms with Crippen LogP contribution < -0.4 is 10.5 Å². The molecule has 0 bridgehead atoms. The third kappa shape index (κ3) is 4.51. The van der Waals surface area contributed by atoms with Crippen molar-refractivity contribution in [3.8, 4) is 5.75 Å². The number of nitrogens with two attached hydrogens (primary N) is 1. The quantitative estimate of drug-likeness (QED) is 0.733. The van der Waals surface area contributed by atoms with Crippen molar-refractivity contribution in [1.29, 1.82) is 0 Å². The van der Waals surface area contributed by atoms with Crippen LogP contribution in [-0.2, 0) is 0 Å². The Hall–Kier alpha value is -1.06. The van der Waals surface area contributed by atoms with Crippen LogP contribution in [-0.4, -0.2) is 31.6 Å². The predicted octanol–water partition coefficient (Wildman–Crippen LogP) is 3.21. The number of benzene rings is 1. The first-order valence-electron chi connectivity index (χ1n) is 7.20. The van der Waals surface area contributed by atoms with E-state index in [-0.39, 0.29) is 12.1 Å². The van der Waals surface area contributed by atoms with E-state index in [0.29, 0.717) is 0 Å². The molecule has 0 radical (unpaired) electrons. The van der Waals surface area contributed by atoms with Crippen molar-refractivity contribution >= 4 is 0 Å². The van der Waals surface area contributed by atoms with Crippen LogP contribution in [0.3, 0.4) is 0 Å². The highest BCUT2D eigenvalue weighted by atomic mass is 16.5. The summed E-state index contributed by atoms with van der Waals surface area (Å²) in [6, 6.07) is 8.44. The summed E-state index contributed by atoms with van der Waals surface area (Å²) in [7, 11) is 3.87. The molecule has 0 amide bonds. The van der Waals surface area contributed by atoms with Gasteiger partial charge in [-0.05, 0) is 33.0 Å². The maximum atomic E-state index is 6.20. The van der Waals surface area contributed by atoms with Crippen LogP contribution in [0.25, 0.3) is 0 Å². The van der Waals surface area contributed by atoms with E-state index in [1.165, 1.54) is 24.8 Å². The van der Waals surface area contributed by atoms with Crippen LogP contribution in [0.5, 0.6) is 5.75 Å². The lowest BCUT2D eigenvalue weighted by molar-refractivity contribution is 0.210. The molecule has 0 aromatic heterocycles. The number of likely N-dealkylation sites (N-methyl/N-ethyl adjacent to an activating group) is 1. The highest BCUT2D eigenvalue weighted by molar-refractivity contribution is 5.36. The Morgan fingerprint density at radius 3 is 2.53 bits per heavy atom. The van der Waals surface area contributed by atoms with Crippen molar-refractivity contribution in [3.05, 3.63) is 29.8 Å². The van der Waals surface area contributed by atoms with Crippen LogP contribution in [0.1, 0.15) is 44.7 Å². The molecule has 1 aromatic carbocycles. The summed E-state index contributed by atoms with van der Waals surface area (Å²) in [5.74, 6) is 0.923. The Labute approximate surface area is 117 Å². The van der Waals surface area contributed by atoms with Gasteiger partial charge in [-0.2, -0.15) is 0 Å². The van der Waals surface area contributed by atoms with Gasteiger partial charge in [0.15, 0.2) is 0 Å². The number of hydrogen-bond acceptors (Lipinski definition) is 3. The fourth-order valence-electron chi connectivity index (χ4n) is 2.58. The molecule has 1 rings (SSSR count). The molecule has 2 atom stereocenters. The summed E-state index contributed by atoms with van der Waals surface area (Å²) in [6.45, 7) is 5.36. The molecule has 0 aliphatic carbocycles. The van der Waals surface area contributed by atoms with E-state index in [1.54, 1.807) is 7.11 Å². The Bertz CT molecular complexity index is 366. The number of ether oxygens (including phenoxy) is 1. The molecule has 0 saturated heterocycles. The van der Waals surface area contributed by atoms with E-state index >= 15 is 0 Å². The first-order valence-corrected chi connectivity index (χ1v) is 7.20. The lowest BCUT2D eigenvalue weighted by Crippen LogP contribution is -2.38. The summed E-state index contributed by atoms with van der Waals surface area (Å²) in [5, 5.41) is 0. The Balaban J connectivity index is 2.87. The van der Waals surface area contributed by atoms with E-state index in [9.17, 15) is 0 Å². The van der Waals surface area contributed by atoms with Crippen molar-refractivity contribution in [3.63, 3.8) is 0 Å². The van der Waals surface area contributed by atoms with E-state index in [0.717, 1.165) is 12.3 Å². The molecule has 2 unspecified atom stereocenters. The monoisotopic (exact) mass is 264 g/mol. The van der Waals surface area contributed by atoms with Crippen LogP contribution in [0.2, 0.25) is 0 Å². The minimum Gasteiger partial charge on any atom is -0.496 e. The van der Waals surface area contributed by atoms with Crippen molar-refractivity contribution in [2.45, 2.75) is 45.2 Å². The fourth-order valence-corrected chi connectivity index (χ4v) is 2.58. The van der Waals surface area contributed by atoms with E-state index in [1.807, 2.05) is 18.2 Å². The molecule has 1 aromatic rings. The molecule has 0 spiro atoms. The lowest BCUT2D eigenvalue weighted by atomic mass is 9.98. The first-order chi connectivity index (χ1) is 9.11. The first kappa shape index (κ1) is 16.0. The van der Waals surface area contributed by atoms with Crippen LogP contribution in [0.15, 0.2) is 24.3 Å². The fraction of sp³-hybridized carbons (Fsp3) is 0.625. The average molecular weight is 264 g/mol. The molecule has 0 aliphatic heterocycles. The Morgan fingerprint density at radius 1 is 1.26 bits per heavy atom. The maximum Gasteiger partial charge on any atom is 0.123 e. The minimum atomic E-state index is 0.0722. The highest BCUT2D eigenvalue weighted by Gasteiger charge is 2.23. The van der Waals surface area contributed by atoms with Crippen LogP contribution in [0.4, 0.5) is 0 Å². The topological polar surface area (TPSA) is 38.5 Å². The minimum absolute atomic E-state index is 0.0722. The zero-order valence-electron chi connectivity index (χ0n) is 12.7. The largest absolute Gasteiger partial charge is 0.496 e. The summed E-state index contributed by atoms with van der Waals surface area (Å²) >= 11 is 0. The standard InChI is InChI=1S/C16H28N2O/c1-5-6-9-12-18(3)16(13(2)17)14-10-7-8-11-15(14)19-4/h7-8,10-11,13,16H,5-6,9,12,17H2,1-4H3. The number of methoxy groups -OCH3 is 1. The predicted molar refractivity (Wildman–Crippen MR) is 81.5 cm³/mol. The molecule has 3 nitrogen and oxygen atoms in total. The molecule has 0 fully saturated rings. The van der Waals surface area contributed by atoms with Gasteiger partial charge in [-0.1, -0.05) is 38.0 Å². The molecule has 19 heavy (non-hydrogen) atoms. The Kier molecular flexibility index (Phi) is 6.89. The zero-order chi connectivity index (χ0) is 14.3. The molecule has 108 valence electrons. The van der Waals surface area contributed by atoms with Crippen molar-refractivity contribution in [2.24, 2.45) is 5.73 Å². The molecule has 0 aliphatic rings. The number of unbranched alkanes of at least 4 members (excludes halogenated alkanes) is 2. The number of nitrogens with zero attached hydrogens (tertiary/aromatic N) is 1. The zero-order valence-corrected chi connectivity index (χ0v) is 12.7. The SMILES string of the molecule is CCCCCN(C)C(c1ccccc1OC)C(C)N. The van der Waals surface area contributed by atoms with Gasteiger partial charge in [-0.25, -0.2) is 0 Å². The van der Waals surface area contributed by atoms with Crippen LogP contribution in [0, 0.1) is 0 Å². The lowest BCUT2D eigenvalue weighted by Gasteiger charge is -2.32. The molecule has 3 heteroatoms. The normalized spacial score (nSPS) is 14.4. The van der Waals surface area contributed by atoms with Gasteiger partial charge in [-0.3, -0.25) is 4.90 Å². The van der Waals surface area contributed by atoms with Gasteiger partial charge in [0.2, 0.25) is 0 Å². The molecule has 0 heterocycles. The number of rotatable bonds is 8. The van der Waals surface area contributed by atoms with E-state index in [2.05, 4.69) is 31.9 Å². The Morgan fingerprint density at radius 2 is 1.95 bits per heavy atom. The smallest absolute Gasteiger partial charge is 0.123 e. The van der Waals surface area contributed by atoms with Crippen molar-refractivity contribution in [2.75, 3.05) is 20.7 Å². The van der Waals surface area contributed by atoms with Crippen molar-refractivity contribution < 1.29 is 4.74 Å². The summed E-state index contributed by atoms with van der Waals surface area (Å²) in [6.07, 6.45) is 3.72. The second kappa shape index (κ2) is 8.18. The van der Waals surface area contributed by atoms with Gasteiger partial charge in [0, 0.05) is 11.6 Å². The second-order valence-corrected chi connectivity index (χ2v) is 5.23. The van der Waals surface area contributed by atoms with Gasteiger partial charge >= 0.3 is 0 Å². The van der Waals surface area contributed by atoms with E-state index in [4.69, 9.17) is 10.5 Å². The van der Waals surface area contributed by atoms with Crippen molar-refractivity contribution in [1.82, 2.24) is 4.90 Å². The van der Waals surface area contributed by atoms with Gasteiger partial charge in [0.1, 0.15) is 5.75 Å². The maximum absolute atomic E-state index is 6.20. The summed E-state index contributed by atoms with van der Waals surface area (Å²) in [5.41, 5.74) is 7.38. The molecular formula is C16H28N2O. The second-order valence-electron chi connectivity index (χ2n) is 5.23. The van der Waals surface area contributed by atoms with Gasteiger partial charge in [-0.15, -0.1) is 0 Å². The van der Waals surface area contributed by atoms with Gasteiger partial charge in [0.05, 0.1) is 13.2 Å². The van der Waals surface area contributed by atoms with Gasteiger partial charge < -0.3 is 10.5 Å².